The fourth-order valence-corrected chi connectivity index (χ4v) is 2.22. The molecule has 1 unspecified atom stereocenters. The van der Waals surface area contributed by atoms with Crippen LogP contribution in [0.25, 0.3) is 0 Å². The van der Waals surface area contributed by atoms with Gasteiger partial charge in [0.25, 0.3) is 0 Å². The lowest BCUT2D eigenvalue weighted by Gasteiger charge is -2.22. The molecule has 1 heterocycles. The quantitative estimate of drug-likeness (QED) is 0.378. The lowest BCUT2D eigenvalue weighted by Crippen LogP contribution is -2.39. The van der Waals surface area contributed by atoms with Gasteiger partial charge in [0.2, 0.25) is 0 Å². The molecule has 2 rings (SSSR count). The van der Waals surface area contributed by atoms with Gasteiger partial charge in [0, 0.05) is 20.6 Å². The molecule has 0 radical (unpaired) electrons. The molecule has 1 aromatic heterocycles. The summed E-state index contributed by atoms with van der Waals surface area (Å²) in [5, 5.41) is 7.33. The Balaban J connectivity index is 0.00000338. The van der Waals surface area contributed by atoms with Crippen LogP contribution >= 0.6 is 24.0 Å². The van der Waals surface area contributed by atoms with Gasteiger partial charge < -0.3 is 15.0 Å². The fraction of sp³-hybridized carbons (Fsp3) is 0.471. The number of hydrogen-bond donors (Lipinski definition) is 1. The molecule has 0 spiro atoms. The van der Waals surface area contributed by atoms with Gasteiger partial charge in [-0.1, -0.05) is 0 Å². The van der Waals surface area contributed by atoms with Gasteiger partial charge in [0.1, 0.15) is 29.8 Å². The molecule has 144 valence electrons. The second-order valence-corrected chi connectivity index (χ2v) is 5.73. The summed E-state index contributed by atoms with van der Waals surface area (Å²) in [6.07, 6.45) is 1.40. The van der Waals surface area contributed by atoms with E-state index in [4.69, 9.17) is 4.74 Å². The van der Waals surface area contributed by atoms with E-state index in [1.807, 2.05) is 32.8 Å². The Bertz CT molecular complexity index is 691. The first kappa shape index (κ1) is 22.1. The fourth-order valence-electron chi connectivity index (χ4n) is 2.22. The van der Waals surface area contributed by atoms with E-state index in [0.717, 1.165) is 18.3 Å². The van der Waals surface area contributed by atoms with E-state index in [1.54, 1.807) is 16.8 Å². The van der Waals surface area contributed by atoms with E-state index in [2.05, 4.69) is 20.4 Å². The highest BCUT2D eigenvalue weighted by Crippen LogP contribution is 2.13. The van der Waals surface area contributed by atoms with Gasteiger partial charge in [0.15, 0.2) is 5.96 Å². The third kappa shape index (κ3) is 6.77. The SMILES string of the molecule is CCNC(=NCC(C)Oc1ccc(F)cc1)N(C)Cc1ncnn1C.I. The molecule has 7 nitrogen and oxygen atoms in total. The van der Waals surface area contributed by atoms with Gasteiger partial charge in [-0.3, -0.25) is 4.68 Å². The average Bonchev–Trinajstić information content (AvgIpc) is 2.98. The third-order valence-corrected chi connectivity index (χ3v) is 3.53. The maximum Gasteiger partial charge on any atom is 0.194 e. The molecule has 0 amide bonds. The Morgan fingerprint density at radius 1 is 1.38 bits per heavy atom. The second-order valence-electron chi connectivity index (χ2n) is 5.73. The Kier molecular flexibility index (Phi) is 9.31. The molecule has 0 aliphatic heterocycles. The summed E-state index contributed by atoms with van der Waals surface area (Å²) in [6, 6.07) is 5.98. The Morgan fingerprint density at radius 3 is 2.65 bits per heavy atom. The van der Waals surface area contributed by atoms with Crippen LogP contribution in [0.3, 0.4) is 0 Å². The number of hydrogen-bond acceptors (Lipinski definition) is 4. The van der Waals surface area contributed by atoms with E-state index in [-0.39, 0.29) is 35.9 Å². The number of aromatic nitrogens is 3. The topological polar surface area (TPSA) is 67.6 Å². The second kappa shape index (κ2) is 10.9. The van der Waals surface area contributed by atoms with Gasteiger partial charge in [-0.2, -0.15) is 5.10 Å². The number of nitrogens with one attached hydrogen (secondary N) is 1. The molecule has 9 heteroatoms. The Hall–Kier alpha value is -1.91. The molecular formula is C17H26FIN6O. The summed E-state index contributed by atoms with van der Waals surface area (Å²) in [4.78, 5) is 10.8. The van der Waals surface area contributed by atoms with Crippen LogP contribution < -0.4 is 10.1 Å². The Labute approximate surface area is 170 Å². The molecule has 26 heavy (non-hydrogen) atoms. The number of aliphatic imine (C=N–C) groups is 1. The minimum absolute atomic E-state index is 0. The van der Waals surface area contributed by atoms with Crippen molar-refractivity contribution in [3.05, 3.63) is 42.2 Å². The molecular weight excluding hydrogens is 450 g/mol. The van der Waals surface area contributed by atoms with E-state index in [1.165, 1.54) is 18.5 Å². The summed E-state index contributed by atoms with van der Waals surface area (Å²) in [7, 11) is 3.81. The molecule has 1 atom stereocenters. The molecule has 0 saturated carbocycles. The predicted octanol–water partition coefficient (Wildman–Crippen LogP) is 2.44. The van der Waals surface area contributed by atoms with Crippen molar-refractivity contribution in [1.29, 1.82) is 0 Å². The van der Waals surface area contributed by atoms with Crippen LogP contribution in [0.4, 0.5) is 4.39 Å². The number of halogens is 2. The molecule has 1 aromatic carbocycles. The van der Waals surface area contributed by atoms with Crippen molar-refractivity contribution in [3.63, 3.8) is 0 Å². The molecule has 0 bridgehead atoms. The van der Waals surface area contributed by atoms with Crippen LogP contribution in [-0.2, 0) is 13.6 Å². The third-order valence-electron chi connectivity index (χ3n) is 3.53. The summed E-state index contributed by atoms with van der Waals surface area (Å²) in [6.45, 7) is 5.77. The van der Waals surface area contributed by atoms with Crippen molar-refractivity contribution in [2.45, 2.75) is 26.5 Å². The minimum Gasteiger partial charge on any atom is -0.489 e. The highest BCUT2D eigenvalue weighted by Gasteiger charge is 2.11. The first-order chi connectivity index (χ1) is 12.0. The minimum atomic E-state index is -0.280. The monoisotopic (exact) mass is 476 g/mol. The van der Waals surface area contributed by atoms with Crippen LogP contribution in [0, 0.1) is 5.82 Å². The lowest BCUT2D eigenvalue weighted by molar-refractivity contribution is 0.229. The van der Waals surface area contributed by atoms with Crippen LogP contribution in [0.1, 0.15) is 19.7 Å². The highest BCUT2D eigenvalue weighted by molar-refractivity contribution is 14.0. The maximum atomic E-state index is 12.9. The number of nitrogens with zero attached hydrogens (tertiary/aromatic N) is 5. The van der Waals surface area contributed by atoms with Gasteiger partial charge in [-0.15, -0.1) is 24.0 Å². The van der Waals surface area contributed by atoms with Crippen molar-refractivity contribution >= 4 is 29.9 Å². The van der Waals surface area contributed by atoms with Crippen LogP contribution in [0.2, 0.25) is 0 Å². The summed E-state index contributed by atoms with van der Waals surface area (Å²) >= 11 is 0. The zero-order valence-corrected chi connectivity index (χ0v) is 17.8. The van der Waals surface area contributed by atoms with Gasteiger partial charge in [-0.05, 0) is 38.1 Å². The number of aryl methyl sites for hydroxylation is 1. The summed E-state index contributed by atoms with van der Waals surface area (Å²) in [5.41, 5.74) is 0. The molecule has 2 aromatic rings. The number of benzene rings is 1. The summed E-state index contributed by atoms with van der Waals surface area (Å²) < 4.78 is 20.4. The van der Waals surface area contributed by atoms with E-state index in [0.29, 0.717) is 18.8 Å². The average molecular weight is 476 g/mol. The number of guanidine groups is 1. The normalized spacial score (nSPS) is 12.3. The first-order valence-corrected chi connectivity index (χ1v) is 8.24. The van der Waals surface area contributed by atoms with Gasteiger partial charge in [-0.25, -0.2) is 14.4 Å². The highest BCUT2D eigenvalue weighted by atomic mass is 127. The zero-order valence-electron chi connectivity index (χ0n) is 15.5. The summed E-state index contributed by atoms with van der Waals surface area (Å²) in [5.74, 6) is 1.96. The van der Waals surface area contributed by atoms with Crippen LogP contribution in [0.15, 0.2) is 35.6 Å². The van der Waals surface area contributed by atoms with Crippen molar-refractivity contribution < 1.29 is 9.13 Å². The molecule has 0 aliphatic carbocycles. The Morgan fingerprint density at radius 2 is 2.08 bits per heavy atom. The largest absolute Gasteiger partial charge is 0.489 e. The van der Waals surface area contributed by atoms with Crippen molar-refractivity contribution in [2.75, 3.05) is 20.1 Å². The predicted molar refractivity (Wildman–Crippen MR) is 110 cm³/mol. The van der Waals surface area contributed by atoms with E-state index < -0.39 is 0 Å². The van der Waals surface area contributed by atoms with Crippen molar-refractivity contribution in [1.82, 2.24) is 25.0 Å². The molecule has 1 N–H and O–H groups in total. The smallest absolute Gasteiger partial charge is 0.194 e. The van der Waals surface area contributed by atoms with Crippen molar-refractivity contribution in [2.24, 2.45) is 12.0 Å². The number of rotatable bonds is 7. The van der Waals surface area contributed by atoms with Crippen LogP contribution in [-0.4, -0.2) is 51.9 Å². The number of ether oxygens (including phenoxy) is 1. The molecule has 0 fully saturated rings. The standard InChI is InChI=1S/C17H25FN6O.HI/c1-5-19-17(23(3)11-16-21-12-22-24(16)4)20-10-13(2)25-15-8-6-14(18)7-9-15;/h6-9,12-13H,5,10-11H2,1-4H3,(H,19,20);1H. The zero-order chi connectivity index (χ0) is 18.2. The van der Waals surface area contributed by atoms with Crippen molar-refractivity contribution in [3.8, 4) is 5.75 Å². The van der Waals surface area contributed by atoms with E-state index >= 15 is 0 Å². The maximum absolute atomic E-state index is 12.9. The lowest BCUT2D eigenvalue weighted by atomic mass is 10.3. The van der Waals surface area contributed by atoms with E-state index in [9.17, 15) is 4.39 Å². The molecule has 0 aliphatic rings. The van der Waals surface area contributed by atoms with Crippen LogP contribution in [0.5, 0.6) is 5.75 Å². The molecule has 0 saturated heterocycles. The first-order valence-electron chi connectivity index (χ1n) is 8.24. The van der Waals surface area contributed by atoms with Gasteiger partial charge >= 0.3 is 0 Å². The van der Waals surface area contributed by atoms with Gasteiger partial charge in [0.05, 0.1) is 13.1 Å².